The van der Waals surface area contributed by atoms with Gasteiger partial charge in [-0.2, -0.15) is 11.8 Å². The Morgan fingerprint density at radius 3 is 2.18 bits per heavy atom. The summed E-state index contributed by atoms with van der Waals surface area (Å²) in [7, 11) is 0. The molecule has 1 atom stereocenters. The van der Waals surface area contributed by atoms with Gasteiger partial charge in [0.1, 0.15) is 0 Å². The lowest BCUT2D eigenvalue weighted by atomic mass is 9.93. The van der Waals surface area contributed by atoms with Gasteiger partial charge >= 0.3 is 0 Å². The molecule has 2 heteroatoms. The minimum absolute atomic E-state index is 0.428. The number of nitrogens with two attached hydrogens (primary N) is 1. The van der Waals surface area contributed by atoms with Crippen molar-refractivity contribution < 1.29 is 0 Å². The second kappa shape index (κ2) is 6.99. The third kappa shape index (κ3) is 4.70. The molecule has 0 aliphatic carbocycles. The van der Waals surface area contributed by atoms with E-state index in [9.17, 15) is 0 Å². The molecule has 0 aliphatic heterocycles. The van der Waals surface area contributed by atoms with Crippen molar-refractivity contribution in [2.75, 3.05) is 12.0 Å². The summed E-state index contributed by atoms with van der Waals surface area (Å²) in [6.45, 7) is 4.46. The number of rotatable bonds is 6. The van der Waals surface area contributed by atoms with Gasteiger partial charge in [-0.1, -0.05) is 26.7 Å². The summed E-state index contributed by atoms with van der Waals surface area (Å²) in [6.07, 6.45) is 5.77. The molecular formula is C9H21NS. The Balaban J connectivity index is 3.51. The van der Waals surface area contributed by atoms with Crippen LogP contribution in [0.1, 0.15) is 33.1 Å². The molecule has 0 amide bonds. The smallest absolute Gasteiger partial charge is 0.00748 e. The third-order valence-corrected chi connectivity index (χ3v) is 2.95. The van der Waals surface area contributed by atoms with Gasteiger partial charge in [-0.3, -0.25) is 0 Å². The molecule has 1 unspecified atom stereocenters. The SMILES string of the molecule is CCC(CC)C(N)CCSC. The molecule has 0 radical (unpaired) electrons. The molecule has 0 spiro atoms. The van der Waals surface area contributed by atoms with Crippen LogP contribution in [0.25, 0.3) is 0 Å². The fourth-order valence-corrected chi connectivity index (χ4v) is 1.89. The maximum absolute atomic E-state index is 6.01. The highest BCUT2D eigenvalue weighted by atomic mass is 32.2. The van der Waals surface area contributed by atoms with Gasteiger partial charge in [-0.05, 0) is 24.3 Å². The van der Waals surface area contributed by atoms with E-state index in [1.807, 2.05) is 11.8 Å². The summed E-state index contributed by atoms with van der Waals surface area (Å²) in [4.78, 5) is 0. The van der Waals surface area contributed by atoms with Crippen LogP contribution in [-0.2, 0) is 0 Å². The molecule has 0 heterocycles. The average molecular weight is 175 g/mol. The van der Waals surface area contributed by atoms with E-state index >= 15 is 0 Å². The standard InChI is InChI=1S/C9H21NS/c1-4-8(5-2)9(10)6-7-11-3/h8-9H,4-7,10H2,1-3H3. The van der Waals surface area contributed by atoms with Gasteiger partial charge < -0.3 is 5.73 Å². The largest absolute Gasteiger partial charge is 0.327 e. The lowest BCUT2D eigenvalue weighted by Gasteiger charge is -2.20. The zero-order chi connectivity index (χ0) is 8.69. The monoisotopic (exact) mass is 175 g/mol. The van der Waals surface area contributed by atoms with Gasteiger partial charge in [-0.15, -0.1) is 0 Å². The number of thioether (sulfide) groups is 1. The highest BCUT2D eigenvalue weighted by Crippen LogP contribution is 2.15. The molecule has 68 valence electrons. The van der Waals surface area contributed by atoms with Gasteiger partial charge in [0.15, 0.2) is 0 Å². The molecule has 2 N–H and O–H groups in total. The van der Waals surface area contributed by atoms with Crippen LogP contribution in [0.3, 0.4) is 0 Å². The van der Waals surface area contributed by atoms with Crippen LogP contribution in [0.4, 0.5) is 0 Å². The summed E-state index contributed by atoms with van der Waals surface area (Å²) in [5.41, 5.74) is 6.01. The first-order valence-corrected chi connectivity index (χ1v) is 5.90. The van der Waals surface area contributed by atoms with Crippen molar-refractivity contribution in [3.63, 3.8) is 0 Å². The fourth-order valence-electron chi connectivity index (χ4n) is 1.38. The Morgan fingerprint density at radius 1 is 1.27 bits per heavy atom. The molecule has 0 bridgehead atoms. The minimum Gasteiger partial charge on any atom is -0.327 e. The zero-order valence-corrected chi connectivity index (χ0v) is 8.79. The quantitative estimate of drug-likeness (QED) is 0.671. The van der Waals surface area contributed by atoms with Crippen molar-refractivity contribution >= 4 is 11.8 Å². The Hall–Kier alpha value is 0.310. The van der Waals surface area contributed by atoms with Gasteiger partial charge in [0, 0.05) is 6.04 Å². The Bertz CT molecular complexity index is 81.6. The van der Waals surface area contributed by atoms with E-state index in [2.05, 4.69) is 20.1 Å². The molecule has 0 aromatic carbocycles. The Kier molecular flexibility index (Phi) is 7.18. The lowest BCUT2D eigenvalue weighted by Crippen LogP contribution is -2.29. The molecule has 0 saturated carbocycles. The Labute approximate surface area is 75.1 Å². The maximum Gasteiger partial charge on any atom is 0.00748 e. The second-order valence-electron chi connectivity index (χ2n) is 3.02. The molecule has 0 aromatic rings. The van der Waals surface area contributed by atoms with Gasteiger partial charge in [0.05, 0.1) is 0 Å². The fraction of sp³-hybridized carbons (Fsp3) is 1.00. The maximum atomic E-state index is 6.01. The van der Waals surface area contributed by atoms with E-state index in [4.69, 9.17) is 5.73 Å². The van der Waals surface area contributed by atoms with Crippen LogP contribution in [0.15, 0.2) is 0 Å². The van der Waals surface area contributed by atoms with Crippen LogP contribution in [0.2, 0.25) is 0 Å². The van der Waals surface area contributed by atoms with E-state index in [0.717, 1.165) is 5.92 Å². The summed E-state index contributed by atoms with van der Waals surface area (Å²) in [6, 6.07) is 0.428. The topological polar surface area (TPSA) is 26.0 Å². The predicted molar refractivity (Wildman–Crippen MR) is 55.0 cm³/mol. The molecule has 0 rings (SSSR count). The average Bonchev–Trinajstić information content (AvgIpc) is 2.03. The summed E-state index contributed by atoms with van der Waals surface area (Å²) >= 11 is 1.89. The van der Waals surface area contributed by atoms with Crippen LogP contribution < -0.4 is 5.73 Å². The first-order chi connectivity index (χ1) is 5.26. The molecular weight excluding hydrogens is 154 g/mol. The van der Waals surface area contributed by atoms with Crippen molar-refractivity contribution in [2.45, 2.75) is 39.2 Å². The van der Waals surface area contributed by atoms with Crippen molar-refractivity contribution in [1.82, 2.24) is 0 Å². The van der Waals surface area contributed by atoms with Crippen LogP contribution in [-0.4, -0.2) is 18.1 Å². The van der Waals surface area contributed by atoms with Gasteiger partial charge in [-0.25, -0.2) is 0 Å². The molecule has 1 nitrogen and oxygen atoms in total. The molecule has 0 saturated heterocycles. The van der Waals surface area contributed by atoms with Crippen molar-refractivity contribution in [3.8, 4) is 0 Å². The lowest BCUT2D eigenvalue weighted by molar-refractivity contribution is 0.389. The molecule has 0 aliphatic rings. The van der Waals surface area contributed by atoms with Crippen LogP contribution in [0, 0.1) is 5.92 Å². The zero-order valence-electron chi connectivity index (χ0n) is 7.97. The van der Waals surface area contributed by atoms with Crippen molar-refractivity contribution in [3.05, 3.63) is 0 Å². The van der Waals surface area contributed by atoms with Crippen molar-refractivity contribution in [1.29, 1.82) is 0 Å². The predicted octanol–water partition coefficient (Wildman–Crippen LogP) is 2.50. The summed E-state index contributed by atoms with van der Waals surface area (Å²) in [5.74, 6) is 1.94. The normalized spacial score (nSPS) is 13.9. The van der Waals surface area contributed by atoms with E-state index < -0.39 is 0 Å². The number of hydrogen-bond donors (Lipinski definition) is 1. The van der Waals surface area contributed by atoms with E-state index in [1.54, 1.807) is 0 Å². The molecule has 0 aromatic heterocycles. The van der Waals surface area contributed by atoms with E-state index in [-0.39, 0.29) is 0 Å². The van der Waals surface area contributed by atoms with Crippen LogP contribution in [0.5, 0.6) is 0 Å². The van der Waals surface area contributed by atoms with Crippen molar-refractivity contribution in [2.24, 2.45) is 11.7 Å². The third-order valence-electron chi connectivity index (χ3n) is 2.31. The molecule has 0 fully saturated rings. The first-order valence-electron chi connectivity index (χ1n) is 4.50. The van der Waals surface area contributed by atoms with Gasteiger partial charge in [0.25, 0.3) is 0 Å². The van der Waals surface area contributed by atoms with Crippen LogP contribution >= 0.6 is 11.8 Å². The summed E-state index contributed by atoms with van der Waals surface area (Å²) in [5, 5.41) is 0. The van der Waals surface area contributed by atoms with E-state index in [0.29, 0.717) is 6.04 Å². The Morgan fingerprint density at radius 2 is 1.82 bits per heavy atom. The molecule has 11 heavy (non-hydrogen) atoms. The highest BCUT2D eigenvalue weighted by molar-refractivity contribution is 7.98. The minimum atomic E-state index is 0.428. The second-order valence-corrected chi connectivity index (χ2v) is 4.01. The first kappa shape index (κ1) is 11.3. The summed E-state index contributed by atoms with van der Waals surface area (Å²) < 4.78 is 0. The number of hydrogen-bond acceptors (Lipinski definition) is 2. The highest BCUT2D eigenvalue weighted by Gasteiger charge is 2.12. The van der Waals surface area contributed by atoms with Gasteiger partial charge in [0.2, 0.25) is 0 Å². The van der Waals surface area contributed by atoms with E-state index in [1.165, 1.54) is 25.0 Å².